The predicted octanol–water partition coefficient (Wildman–Crippen LogP) is 0.956. The molecule has 0 aromatic carbocycles. The fourth-order valence-electron chi connectivity index (χ4n) is 0.0546. The first-order valence-corrected chi connectivity index (χ1v) is 5.37. The van der Waals surface area contributed by atoms with Crippen LogP contribution in [0, 0.1) is 0 Å². The van der Waals surface area contributed by atoms with Gasteiger partial charge in [0, 0.05) is 43.9 Å². The number of hydrogen-bond acceptors (Lipinski definition) is 2. The number of rotatable bonds is 2. The van der Waals surface area contributed by atoms with Crippen molar-refractivity contribution in [2.45, 2.75) is 6.55 Å². The van der Waals surface area contributed by atoms with E-state index in [9.17, 15) is 0 Å². The van der Waals surface area contributed by atoms with Crippen molar-refractivity contribution in [1.82, 2.24) is 0 Å². The Kier molecular flexibility index (Phi) is 25.3. The molecule has 1 nitrogen and oxygen atoms in total. The van der Waals surface area contributed by atoms with Crippen LogP contribution in [0.4, 0.5) is 0 Å². The Morgan fingerprint density at radius 2 is 2.00 bits per heavy atom. The quantitative estimate of drug-likeness (QED) is 0.244. The van der Waals surface area contributed by atoms with Gasteiger partial charge in [-0.05, 0) is 6.55 Å². The maximum atomic E-state index is 4.99. The molecule has 0 heterocycles. The normalized spacial score (nSPS) is 7.50. The minimum absolute atomic E-state index is 0. The smallest absolute Gasteiger partial charge is 0.217 e. The largest absolute Gasteiger partial charge is 0.813 e. The molecule has 0 aromatic rings. The summed E-state index contributed by atoms with van der Waals surface area (Å²) in [6.45, 7) is 2.15. The summed E-state index contributed by atoms with van der Waals surface area (Å²) in [6.07, 6.45) is 0. The van der Waals surface area contributed by atoms with Gasteiger partial charge in [-0.1, -0.05) is 22.6 Å². The summed E-state index contributed by atoms with van der Waals surface area (Å²) in [6, 6.07) is 0. The Morgan fingerprint density at radius 1 is 1.62 bits per heavy atom. The van der Waals surface area contributed by atoms with Crippen molar-refractivity contribution >= 4 is 45.1 Å². The minimum Gasteiger partial charge on any atom is -0.813 e. The fourth-order valence-corrected chi connectivity index (χ4v) is 1.10. The van der Waals surface area contributed by atoms with Crippen LogP contribution < -0.4 is 0 Å². The number of halogens is 1. The minimum atomic E-state index is -0.382. The van der Waals surface area contributed by atoms with Gasteiger partial charge >= 0.3 is 0 Å². The van der Waals surface area contributed by atoms with E-state index >= 15 is 0 Å². The van der Waals surface area contributed by atoms with Crippen molar-refractivity contribution in [3.63, 3.8) is 0 Å². The zero-order valence-electron chi connectivity index (χ0n) is 5.02. The van der Waals surface area contributed by atoms with Gasteiger partial charge in [0.2, 0.25) is 9.04 Å². The molecular formula is C3H9IOSSiY-. The molecule has 48 valence electrons. The average Bonchev–Trinajstić information content (AvgIpc) is 1.65. The Hall–Kier alpha value is 2.36. The number of hydrogen-bond donors (Lipinski definition) is 0. The van der Waals surface area contributed by atoms with Crippen molar-refractivity contribution in [1.29, 1.82) is 0 Å². The van der Waals surface area contributed by atoms with E-state index in [-0.39, 0.29) is 55.2 Å². The second kappa shape index (κ2) is 12.1. The molecule has 0 fully saturated rings. The van der Waals surface area contributed by atoms with Crippen molar-refractivity contribution in [3.05, 3.63) is 0 Å². The molecule has 0 rings (SSSR count). The zero-order valence-corrected chi connectivity index (χ0v) is 11.9. The molecule has 0 bridgehead atoms. The second-order valence-corrected chi connectivity index (χ2v) is 5.41. The van der Waals surface area contributed by atoms with E-state index in [1.54, 1.807) is 7.11 Å². The van der Waals surface area contributed by atoms with Gasteiger partial charge in [-0.2, -0.15) is 0 Å². The molecular weight excluding hydrogens is 328 g/mol. The van der Waals surface area contributed by atoms with Crippen LogP contribution in [-0.2, 0) is 50.6 Å². The molecule has 0 aliphatic rings. The molecule has 0 aliphatic heterocycles. The molecule has 0 saturated carbocycles. The van der Waals surface area contributed by atoms with Gasteiger partial charge in [0.1, 0.15) is 0 Å². The summed E-state index contributed by atoms with van der Waals surface area (Å²) in [5, 5.41) is 0. The van der Waals surface area contributed by atoms with Crippen LogP contribution in [0.3, 0.4) is 0 Å². The molecule has 0 spiro atoms. The van der Waals surface area contributed by atoms with E-state index in [0.717, 1.165) is 0 Å². The van der Waals surface area contributed by atoms with Crippen LogP contribution in [0.1, 0.15) is 0 Å². The first-order chi connectivity index (χ1) is 2.81. The van der Waals surface area contributed by atoms with Crippen LogP contribution in [0.25, 0.3) is 0 Å². The topological polar surface area (TPSA) is 9.23 Å². The third kappa shape index (κ3) is 11.2. The molecule has 0 amide bonds. The van der Waals surface area contributed by atoms with E-state index in [1.165, 1.54) is 4.05 Å². The van der Waals surface area contributed by atoms with E-state index in [1.807, 2.05) is 0 Å². The van der Waals surface area contributed by atoms with Crippen LogP contribution in [0.2, 0.25) is 6.55 Å². The standard InChI is InChI=1S/C3H8IOSi.H2S.Y/c1-5-6(2)3-4;;/h3H2,1-2H3;1H2;/p-1. The maximum Gasteiger partial charge on any atom is 0.217 e. The van der Waals surface area contributed by atoms with Crippen molar-refractivity contribution in [2.75, 3.05) is 11.2 Å². The summed E-state index contributed by atoms with van der Waals surface area (Å²) in [7, 11) is 1.39. The summed E-state index contributed by atoms with van der Waals surface area (Å²) >= 11 is 2.33. The first-order valence-electron chi connectivity index (χ1n) is 1.73. The van der Waals surface area contributed by atoms with Gasteiger partial charge in [-0.25, -0.2) is 0 Å². The molecule has 0 unspecified atom stereocenters. The van der Waals surface area contributed by atoms with Gasteiger partial charge in [-0.3, -0.25) is 0 Å². The van der Waals surface area contributed by atoms with E-state index in [0.29, 0.717) is 0 Å². The van der Waals surface area contributed by atoms with Gasteiger partial charge in [-0.15, -0.1) is 0 Å². The first kappa shape index (κ1) is 16.8. The van der Waals surface area contributed by atoms with Gasteiger partial charge in [0.05, 0.1) is 0 Å². The van der Waals surface area contributed by atoms with E-state index < -0.39 is 0 Å². The molecule has 0 aliphatic carbocycles. The van der Waals surface area contributed by atoms with Gasteiger partial charge < -0.3 is 17.9 Å². The molecule has 8 heavy (non-hydrogen) atoms. The predicted molar refractivity (Wildman–Crippen MR) is 46.3 cm³/mol. The summed E-state index contributed by atoms with van der Waals surface area (Å²) in [4.78, 5) is 0. The average molecular weight is 337 g/mol. The van der Waals surface area contributed by atoms with Gasteiger partial charge in [0.25, 0.3) is 0 Å². The van der Waals surface area contributed by atoms with Crippen LogP contribution in [-0.4, -0.2) is 20.2 Å². The SMILES string of the molecule is CO[Si](C)CI.[SH-].[Y]. The van der Waals surface area contributed by atoms with Crippen LogP contribution in [0.5, 0.6) is 0 Å². The maximum absolute atomic E-state index is 4.99. The molecule has 0 atom stereocenters. The Morgan fingerprint density at radius 3 is 2.00 bits per heavy atom. The molecule has 2 radical (unpaired) electrons. The third-order valence-corrected chi connectivity index (χ3v) is 4.83. The van der Waals surface area contributed by atoms with Crippen molar-refractivity contribution in [2.24, 2.45) is 0 Å². The summed E-state index contributed by atoms with van der Waals surface area (Å²) < 4.78 is 6.17. The Bertz CT molecular complexity index is 38.5. The molecule has 0 saturated heterocycles. The summed E-state index contributed by atoms with van der Waals surface area (Å²) in [5.41, 5.74) is 0. The monoisotopic (exact) mass is 337 g/mol. The summed E-state index contributed by atoms with van der Waals surface area (Å²) in [5.74, 6) is 0. The van der Waals surface area contributed by atoms with Crippen molar-refractivity contribution in [3.8, 4) is 0 Å². The van der Waals surface area contributed by atoms with E-state index in [4.69, 9.17) is 4.43 Å². The zero-order chi connectivity index (χ0) is 4.99. The van der Waals surface area contributed by atoms with Crippen LogP contribution in [0.15, 0.2) is 0 Å². The Balaban J connectivity index is -0.000000125. The molecule has 0 aromatic heterocycles. The molecule has 0 N–H and O–H groups in total. The second-order valence-electron chi connectivity index (χ2n) is 1.04. The fraction of sp³-hybridized carbons (Fsp3) is 1.00. The number of thiol groups is 1. The number of alkyl halides is 1. The van der Waals surface area contributed by atoms with E-state index in [2.05, 4.69) is 29.1 Å². The molecule has 5 heteroatoms. The van der Waals surface area contributed by atoms with Crippen LogP contribution >= 0.6 is 22.6 Å². The van der Waals surface area contributed by atoms with Gasteiger partial charge in [0.15, 0.2) is 0 Å². The van der Waals surface area contributed by atoms with Crippen molar-refractivity contribution < 1.29 is 37.1 Å². The third-order valence-electron chi connectivity index (χ3n) is 0.537. The Labute approximate surface area is 98.5 Å².